The SMILES string of the molecule is COc1cc(OC)c(OC)cc1CN1CCc2c([nH]c(=S)[nH]c2=O)C1. The lowest BCUT2D eigenvalue weighted by molar-refractivity contribution is 0.236. The molecule has 1 aliphatic rings. The average Bonchev–Trinajstić information content (AvgIpc) is 2.60. The van der Waals surface area contributed by atoms with E-state index in [-0.39, 0.29) is 5.56 Å². The molecule has 0 unspecified atom stereocenters. The van der Waals surface area contributed by atoms with Crippen molar-refractivity contribution in [2.45, 2.75) is 19.5 Å². The molecule has 1 aromatic heterocycles. The number of hydrogen-bond donors (Lipinski definition) is 2. The van der Waals surface area contributed by atoms with Crippen LogP contribution in [0.1, 0.15) is 16.8 Å². The molecule has 0 aliphatic carbocycles. The summed E-state index contributed by atoms with van der Waals surface area (Å²) >= 11 is 5.07. The second kappa shape index (κ2) is 7.28. The number of H-pyrrole nitrogens is 2. The molecule has 0 saturated heterocycles. The third kappa shape index (κ3) is 3.54. The summed E-state index contributed by atoms with van der Waals surface area (Å²) in [5, 5.41) is 0. The van der Waals surface area contributed by atoms with Gasteiger partial charge in [-0.15, -0.1) is 0 Å². The molecule has 2 heterocycles. The van der Waals surface area contributed by atoms with Gasteiger partial charge in [0.25, 0.3) is 5.56 Å². The number of rotatable bonds is 5. The van der Waals surface area contributed by atoms with E-state index in [1.165, 1.54) is 0 Å². The Kier molecular flexibility index (Phi) is 5.10. The van der Waals surface area contributed by atoms with Crippen LogP contribution in [-0.2, 0) is 19.5 Å². The zero-order chi connectivity index (χ0) is 18.0. The minimum atomic E-state index is -0.0953. The summed E-state index contributed by atoms with van der Waals surface area (Å²) < 4.78 is 16.6. The van der Waals surface area contributed by atoms with Gasteiger partial charge in [0.1, 0.15) is 5.75 Å². The van der Waals surface area contributed by atoms with E-state index in [1.54, 1.807) is 21.3 Å². The van der Waals surface area contributed by atoms with Crippen LogP contribution in [0.3, 0.4) is 0 Å². The van der Waals surface area contributed by atoms with Gasteiger partial charge in [0.2, 0.25) is 0 Å². The number of hydrogen-bond acceptors (Lipinski definition) is 6. The highest BCUT2D eigenvalue weighted by molar-refractivity contribution is 7.71. The molecule has 0 amide bonds. The maximum atomic E-state index is 12.0. The molecule has 0 spiro atoms. The second-order valence-corrected chi connectivity index (χ2v) is 6.25. The smallest absolute Gasteiger partial charge is 0.255 e. The van der Waals surface area contributed by atoms with Crippen molar-refractivity contribution >= 4 is 12.2 Å². The number of aromatic nitrogens is 2. The van der Waals surface area contributed by atoms with Gasteiger partial charge in [-0.05, 0) is 24.7 Å². The van der Waals surface area contributed by atoms with E-state index in [4.69, 9.17) is 26.4 Å². The topological polar surface area (TPSA) is 79.6 Å². The van der Waals surface area contributed by atoms with Crippen molar-refractivity contribution in [3.63, 3.8) is 0 Å². The summed E-state index contributed by atoms with van der Waals surface area (Å²) in [6.07, 6.45) is 0.673. The minimum absolute atomic E-state index is 0.0953. The first-order valence-corrected chi connectivity index (χ1v) is 8.32. The van der Waals surface area contributed by atoms with Crippen molar-refractivity contribution in [1.29, 1.82) is 0 Å². The first-order chi connectivity index (χ1) is 12.0. The molecule has 0 bridgehead atoms. The molecule has 2 aromatic rings. The fourth-order valence-electron chi connectivity index (χ4n) is 3.12. The monoisotopic (exact) mass is 363 g/mol. The molecule has 3 rings (SSSR count). The summed E-state index contributed by atoms with van der Waals surface area (Å²) in [5.74, 6) is 2.02. The molecule has 134 valence electrons. The predicted molar refractivity (Wildman–Crippen MR) is 96.2 cm³/mol. The van der Waals surface area contributed by atoms with Gasteiger partial charge < -0.3 is 19.2 Å². The number of methoxy groups -OCH3 is 3. The first-order valence-electron chi connectivity index (χ1n) is 7.91. The summed E-state index contributed by atoms with van der Waals surface area (Å²) in [5.41, 5.74) is 2.55. The van der Waals surface area contributed by atoms with Crippen LogP contribution in [0, 0.1) is 4.77 Å². The molecule has 25 heavy (non-hydrogen) atoms. The maximum Gasteiger partial charge on any atom is 0.255 e. The summed E-state index contributed by atoms with van der Waals surface area (Å²) in [6.45, 7) is 2.06. The number of fused-ring (bicyclic) bond motifs is 1. The molecule has 1 aliphatic heterocycles. The van der Waals surface area contributed by atoms with Crippen LogP contribution in [0.25, 0.3) is 0 Å². The highest BCUT2D eigenvalue weighted by Crippen LogP contribution is 2.35. The fraction of sp³-hybridized carbons (Fsp3) is 0.412. The molecule has 7 nitrogen and oxygen atoms in total. The largest absolute Gasteiger partial charge is 0.496 e. The van der Waals surface area contributed by atoms with Crippen LogP contribution < -0.4 is 19.8 Å². The van der Waals surface area contributed by atoms with Crippen molar-refractivity contribution in [3.05, 3.63) is 44.1 Å². The Morgan fingerprint density at radius 1 is 1.08 bits per heavy atom. The number of benzene rings is 1. The van der Waals surface area contributed by atoms with Crippen molar-refractivity contribution < 1.29 is 14.2 Å². The van der Waals surface area contributed by atoms with Gasteiger partial charge in [-0.2, -0.15) is 0 Å². The van der Waals surface area contributed by atoms with Crippen LogP contribution in [0.5, 0.6) is 17.2 Å². The molecular formula is C17H21N3O4S. The molecule has 1 aromatic carbocycles. The van der Waals surface area contributed by atoms with Gasteiger partial charge in [-0.25, -0.2) is 0 Å². The number of aromatic amines is 2. The van der Waals surface area contributed by atoms with Gasteiger partial charge in [-0.3, -0.25) is 14.7 Å². The van der Waals surface area contributed by atoms with E-state index in [0.29, 0.717) is 35.8 Å². The average molecular weight is 363 g/mol. The lowest BCUT2D eigenvalue weighted by Crippen LogP contribution is -2.34. The van der Waals surface area contributed by atoms with Crippen LogP contribution in [0.4, 0.5) is 0 Å². The van der Waals surface area contributed by atoms with Crippen LogP contribution >= 0.6 is 12.2 Å². The van der Waals surface area contributed by atoms with Crippen molar-refractivity contribution in [2.24, 2.45) is 0 Å². The Hall–Kier alpha value is -2.32. The van der Waals surface area contributed by atoms with Crippen LogP contribution in [0.2, 0.25) is 0 Å². The van der Waals surface area contributed by atoms with Crippen LogP contribution in [0.15, 0.2) is 16.9 Å². The van der Waals surface area contributed by atoms with E-state index < -0.39 is 0 Å². The van der Waals surface area contributed by atoms with E-state index >= 15 is 0 Å². The van der Waals surface area contributed by atoms with Crippen molar-refractivity contribution in [2.75, 3.05) is 27.9 Å². The number of ether oxygens (including phenoxy) is 3. The Morgan fingerprint density at radius 3 is 2.44 bits per heavy atom. The number of nitrogens with one attached hydrogen (secondary N) is 2. The second-order valence-electron chi connectivity index (χ2n) is 5.85. The van der Waals surface area contributed by atoms with Gasteiger partial charge in [0, 0.05) is 42.5 Å². The quantitative estimate of drug-likeness (QED) is 0.791. The minimum Gasteiger partial charge on any atom is -0.496 e. The molecule has 2 N–H and O–H groups in total. The molecular weight excluding hydrogens is 342 g/mol. The standard InChI is InChI=1S/C17H21N3O4S/c1-22-13-7-15(24-3)14(23-2)6-10(13)8-20-5-4-11-12(9-20)18-17(25)19-16(11)21/h6-7H,4-5,8-9H2,1-3H3,(H2,18,19,21,25). The van der Waals surface area contributed by atoms with E-state index in [2.05, 4.69) is 14.9 Å². The highest BCUT2D eigenvalue weighted by Gasteiger charge is 2.21. The highest BCUT2D eigenvalue weighted by atomic mass is 32.1. The molecule has 0 fully saturated rings. The summed E-state index contributed by atoms with van der Waals surface area (Å²) in [6, 6.07) is 3.75. The zero-order valence-corrected chi connectivity index (χ0v) is 15.3. The van der Waals surface area contributed by atoms with Crippen molar-refractivity contribution in [3.8, 4) is 17.2 Å². The van der Waals surface area contributed by atoms with E-state index in [9.17, 15) is 4.79 Å². The fourth-order valence-corrected chi connectivity index (χ4v) is 3.34. The van der Waals surface area contributed by atoms with Crippen LogP contribution in [-0.4, -0.2) is 42.7 Å². The molecule has 0 saturated carbocycles. The molecule has 8 heteroatoms. The Labute approximate surface area is 150 Å². The Morgan fingerprint density at radius 2 is 1.76 bits per heavy atom. The Balaban J connectivity index is 1.88. The normalized spacial score (nSPS) is 14.0. The molecule has 0 radical (unpaired) electrons. The third-order valence-corrected chi connectivity index (χ3v) is 4.57. The zero-order valence-electron chi connectivity index (χ0n) is 14.5. The van der Waals surface area contributed by atoms with Crippen molar-refractivity contribution in [1.82, 2.24) is 14.9 Å². The summed E-state index contributed by atoms with van der Waals surface area (Å²) in [7, 11) is 4.84. The van der Waals surface area contributed by atoms with Gasteiger partial charge in [0.05, 0.1) is 21.3 Å². The first kappa shape index (κ1) is 17.5. The van der Waals surface area contributed by atoms with Gasteiger partial charge in [0.15, 0.2) is 16.3 Å². The van der Waals surface area contributed by atoms with E-state index in [0.717, 1.165) is 29.1 Å². The lowest BCUT2D eigenvalue weighted by atomic mass is 10.1. The predicted octanol–water partition coefficient (Wildman–Crippen LogP) is 2.02. The molecule has 0 atom stereocenters. The Bertz CT molecular complexity index is 890. The summed E-state index contributed by atoms with van der Waals surface area (Å²) in [4.78, 5) is 20.0. The van der Waals surface area contributed by atoms with E-state index in [1.807, 2.05) is 12.1 Å². The van der Waals surface area contributed by atoms with Gasteiger partial charge in [-0.1, -0.05) is 0 Å². The van der Waals surface area contributed by atoms with Gasteiger partial charge >= 0.3 is 0 Å². The number of nitrogens with zero attached hydrogens (tertiary/aromatic N) is 1. The third-order valence-electron chi connectivity index (χ3n) is 4.37. The lowest BCUT2D eigenvalue weighted by Gasteiger charge is -2.28. The maximum absolute atomic E-state index is 12.0.